The Morgan fingerprint density at radius 2 is 1.97 bits per heavy atom. The zero-order chi connectivity index (χ0) is 23.7. The Hall–Kier alpha value is -3.30. The second-order valence-corrected chi connectivity index (χ2v) is 9.89. The van der Waals surface area contributed by atoms with Gasteiger partial charge in [0.25, 0.3) is 11.8 Å². The number of aryl methyl sites for hydroxylation is 1. The molecule has 1 fully saturated rings. The number of carbonyl (C=O) groups is 2. The summed E-state index contributed by atoms with van der Waals surface area (Å²) in [6, 6.07) is 15.3. The summed E-state index contributed by atoms with van der Waals surface area (Å²) in [6.07, 6.45) is 1.85. The van der Waals surface area contributed by atoms with Gasteiger partial charge in [0.15, 0.2) is 4.96 Å². The molecule has 7 nitrogen and oxygen atoms in total. The standard InChI is InChI=1S/C25H24N4O3S2/c1-16-22(28-11-12-34-25(28)27-16)23(30)26-13-18-14-33-15-29(18)24(31)21-6-4-3-5-20(21)17-7-9-19(32-2)10-8-17/h3-12,18H,13-15H2,1-2H3,(H,26,30)/t18-/m1/s1. The second kappa shape index (κ2) is 9.52. The molecule has 1 aliphatic rings. The Labute approximate surface area is 205 Å². The summed E-state index contributed by atoms with van der Waals surface area (Å²) in [7, 11) is 1.63. The van der Waals surface area contributed by atoms with Crippen molar-refractivity contribution in [3.05, 3.63) is 77.1 Å². The van der Waals surface area contributed by atoms with Crippen LogP contribution >= 0.6 is 23.1 Å². The molecule has 1 aliphatic heterocycles. The molecule has 4 aromatic rings. The van der Waals surface area contributed by atoms with E-state index in [-0.39, 0.29) is 17.9 Å². The Morgan fingerprint density at radius 1 is 1.18 bits per heavy atom. The van der Waals surface area contributed by atoms with Crippen LogP contribution in [-0.4, -0.2) is 57.4 Å². The Bertz CT molecular complexity index is 1350. The molecule has 0 saturated carbocycles. The molecule has 9 heteroatoms. The highest BCUT2D eigenvalue weighted by Crippen LogP contribution is 2.30. The number of ether oxygens (including phenoxy) is 1. The molecule has 1 saturated heterocycles. The minimum absolute atomic E-state index is 0.0311. The number of methoxy groups -OCH3 is 1. The lowest BCUT2D eigenvalue weighted by Gasteiger charge is -2.25. The number of fused-ring (bicyclic) bond motifs is 1. The van der Waals surface area contributed by atoms with E-state index in [2.05, 4.69) is 10.3 Å². The highest BCUT2D eigenvalue weighted by Gasteiger charge is 2.32. The van der Waals surface area contributed by atoms with Crippen LogP contribution in [0.1, 0.15) is 26.5 Å². The molecule has 174 valence electrons. The monoisotopic (exact) mass is 492 g/mol. The maximum atomic E-state index is 13.6. The van der Waals surface area contributed by atoms with Crippen LogP contribution in [0.5, 0.6) is 5.75 Å². The van der Waals surface area contributed by atoms with Gasteiger partial charge in [-0.25, -0.2) is 4.98 Å². The summed E-state index contributed by atoms with van der Waals surface area (Å²) in [5.74, 6) is 1.93. The summed E-state index contributed by atoms with van der Waals surface area (Å²) in [6.45, 7) is 2.23. The Balaban J connectivity index is 1.33. The molecular formula is C25H24N4O3S2. The molecule has 0 bridgehead atoms. The van der Waals surface area contributed by atoms with Crippen molar-refractivity contribution in [3.63, 3.8) is 0 Å². The highest BCUT2D eigenvalue weighted by atomic mass is 32.2. The van der Waals surface area contributed by atoms with Crippen molar-refractivity contribution in [2.75, 3.05) is 25.3 Å². The Kier molecular flexibility index (Phi) is 6.30. The fourth-order valence-electron chi connectivity index (χ4n) is 4.18. The van der Waals surface area contributed by atoms with Crippen molar-refractivity contribution in [3.8, 4) is 16.9 Å². The molecule has 0 unspecified atom stereocenters. The van der Waals surface area contributed by atoms with Crippen LogP contribution in [-0.2, 0) is 0 Å². The van der Waals surface area contributed by atoms with E-state index in [9.17, 15) is 9.59 Å². The van der Waals surface area contributed by atoms with Gasteiger partial charge in [-0.1, -0.05) is 30.3 Å². The maximum Gasteiger partial charge on any atom is 0.270 e. The molecule has 5 rings (SSSR count). The first-order valence-corrected chi connectivity index (χ1v) is 12.9. The van der Waals surface area contributed by atoms with Gasteiger partial charge in [-0.05, 0) is 36.2 Å². The number of thiazole rings is 1. The van der Waals surface area contributed by atoms with Gasteiger partial charge < -0.3 is 15.0 Å². The normalized spacial score (nSPS) is 15.6. The molecule has 3 heterocycles. The van der Waals surface area contributed by atoms with E-state index in [0.29, 0.717) is 29.4 Å². The zero-order valence-corrected chi connectivity index (χ0v) is 20.5. The lowest BCUT2D eigenvalue weighted by Crippen LogP contribution is -2.44. The quantitative estimate of drug-likeness (QED) is 0.434. The van der Waals surface area contributed by atoms with Crippen molar-refractivity contribution in [2.45, 2.75) is 13.0 Å². The fraction of sp³-hybridized carbons (Fsp3) is 0.240. The number of hydrogen-bond acceptors (Lipinski definition) is 6. The first kappa shape index (κ1) is 22.5. The summed E-state index contributed by atoms with van der Waals surface area (Å²) in [5, 5.41) is 4.94. The van der Waals surface area contributed by atoms with Crippen molar-refractivity contribution in [1.29, 1.82) is 0 Å². The molecule has 1 N–H and O–H groups in total. The maximum absolute atomic E-state index is 13.6. The molecule has 2 amide bonds. The summed E-state index contributed by atoms with van der Waals surface area (Å²) >= 11 is 3.19. The summed E-state index contributed by atoms with van der Waals surface area (Å²) in [4.78, 5) is 33.7. The third kappa shape index (κ3) is 4.17. The van der Waals surface area contributed by atoms with Crippen LogP contribution in [0.15, 0.2) is 60.1 Å². The van der Waals surface area contributed by atoms with E-state index in [1.165, 1.54) is 11.3 Å². The molecule has 34 heavy (non-hydrogen) atoms. The molecule has 1 atom stereocenters. The van der Waals surface area contributed by atoms with Gasteiger partial charge in [0.05, 0.1) is 24.7 Å². The second-order valence-electron chi connectivity index (χ2n) is 8.01. The first-order chi connectivity index (χ1) is 16.6. The number of amides is 2. The Morgan fingerprint density at radius 3 is 2.76 bits per heavy atom. The number of nitrogens with one attached hydrogen (secondary N) is 1. The third-order valence-electron chi connectivity index (χ3n) is 5.95. The number of aromatic nitrogens is 2. The summed E-state index contributed by atoms with van der Waals surface area (Å²) in [5.41, 5.74) is 3.73. The van der Waals surface area contributed by atoms with Crippen LogP contribution in [0, 0.1) is 6.92 Å². The van der Waals surface area contributed by atoms with Crippen molar-refractivity contribution >= 4 is 39.9 Å². The smallest absolute Gasteiger partial charge is 0.270 e. The number of hydrogen-bond donors (Lipinski definition) is 1. The average molecular weight is 493 g/mol. The van der Waals surface area contributed by atoms with Crippen LogP contribution in [0.25, 0.3) is 16.1 Å². The molecular weight excluding hydrogens is 468 g/mol. The van der Waals surface area contributed by atoms with Gasteiger partial charge in [0.2, 0.25) is 0 Å². The van der Waals surface area contributed by atoms with Crippen molar-refractivity contribution in [1.82, 2.24) is 19.6 Å². The van der Waals surface area contributed by atoms with Crippen LogP contribution in [0.4, 0.5) is 0 Å². The average Bonchev–Trinajstić information content (AvgIpc) is 3.58. The molecule has 0 radical (unpaired) electrons. The van der Waals surface area contributed by atoms with E-state index >= 15 is 0 Å². The lowest BCUT2D eigenvalue weighted by atomic mass is 9.98. The highest BCUT2D eigenvalue weighted by molar-refractivity contribution is 7.99. The van der Waals surface area contributed by atoms with Crippen molar-refractivity contribution in [2.24, 2.45) is 0 Å². The topological polar surface area (TPSA) is 75.9 Å². The lowest BCUT2D eigenvalue weighted by molar-refractivity contribution is 0.0736. The van der Waals surface area contributed by atoms with Gasteiger partial charge in [-0.3, -0.25) is 14.0 Å². The zero-order valence-electron chi connectivity index (χ0n) is 18.9. The number of nitrogens with zero attached hydrogens (tertiary/aromatic N) is 3. The fourth-order valence-corrected chi connectivity index (χ4v) is 6.14. The number of imidazole rings is 1. The van der Waals surface area contributed by atoms with Gasteiger partial charge >= 0.3 is 0 Å². The minimum atomic E-state index is -0.175. The molecule has 2 aromatic heterocycles. The molecule has 2 aromatic carbocycles. The summed E-state index contributed by atoms with van der Waals surface area (Å²) < 4.78 is 7.07. The number of benzene rings is 2. The van der Waals surface area contributed by atoms with E-state index < -0.39 is 0 Å². The largest absolute Gasteiger partial charge is 0.497 e. The number of thioether (sulfide) groups is 1. The SMILES string of the molecule is COc1ccc(-c2ccccc2C(=O)N2CSC[C@H]2CNC(=O)c2c(C)nc3sccn23)cc1. The molecule has 0 aliphatic carbocycles. The predicted molar refractivity (Wildman–Crippen MR) is 136 cm³/mol. The van der Waals surface area contributed by atoms with E-state index in [0.717, 1.165) is 27.6 Å². The third-order valence-corrected chi connectivity index (χ3v) is 7.79. The van der Waals surface area contributed by atoms with E-state index in [1.54, 1.807) is 18.9 Å². The minimum Gasteiger partial charge on any atom is -0.497 e. The number of rotatable bonds is 6. The van der Waals surface area contributed by atoms with Gasteiger partial charge in [-0.2, -0.15) is 0 Å². The number of carbonyl (C=O) groups excluding carboxylic acids is 2. The first-order valence-electron chi connectivity index (χ1n) is 10.9. The van der Waals surface area contributed by atoms with Gasteiger partial charge in [0, 0.05) is 29.4 Å². The van der Waals surface area contributed by atoms with Gasteiger partial charge in [-0.15, -0.1) is 23.1 Å². The van der Waals surface area contributed by atoms with Crippen LogP contribution in [0.2, 0.25) is 0 Å². The van der Waals surface area contributed by atoms with E-state index in [4.69, 9.17) is 4.74 Å². The van der Waals surface area contributed by atoms with Crippen LogP contribution in [0.3, 0.4) is 0 Å². The van der Waals surface area contributed by atoms with Crippen LogP contribution < -0.4 is 10.1 Å². The molecule has 0 spiro atoms. The van der Waals surface area contributed by atoms with Crippen molar-refractivity contribution < 1.29 is 14.3 Å². The van der Waals surface area contributed by atoms with E-state index in [1.807, 2.05) is 76.3 Å². The van der Waals surface area contributed by atoms with Gasteiger partial charge in [0.1, 0.15) is 11.4 Å². The predicted octanol–water partition coefficient (Wildman–Crippen LogP) is 4.32.